The van der Waals surface area contributed by atoms with E-state index in [0.29, 0.717) is 12.3 Å². The number of carbonyl (C=O) groups is 1. The molecular weight excluding hydrogens is 314 g/mol. The number of aryl methyl sites for hydroxylation is 1. The van der Waals surface area contributed by atoms with Crippen LogP contribution in [0.4, 0.5) is 11.4 Å². The maximum Gasteiger partial charge on any atom is 0.269 e. The average Bonchev–Trinajstić information content (AvgIpc) is 2.59. The summed E-state index contributed by atoms with van der Waals surface area (Å²) in [5.41, 5.74) is 1.72. The van der Waals surface area contributed by atoms with Crippen molar-refractivity contribution in [1.29, 1.82) is 0 Å². The maximum atomic E-state index is 12.5. The Bertz CT molecular complexity index is 737. The first-order valence-electron chi connectivity index (χ1n) is 7.26. The summed E-state index contributed by atoms with van der Waals surface area (Å²) in [6.07, 6.45) is 3.27. The average molecular weight is 329 g/mol. The van der Waals surface area contributed by atoms with Crippen molar-refractivity contribution in [3.63, 3.8) is 0 Å². The van der Waals surface area contributed by atoms with E-state index in [1.165, 1.54) is 17.8 Å². The highest BCUT2D eigenvalue weighted by molar-refractivity contribution is 7.99. The Morgan fingerprint density at radius 3 is 2.96 bits per heavy atom. The first kappa shape index (κ1) is 15.5. The predicted molar refractivity (Wildman–Crippen MR) is 88.7 cm³/mol. The number of nitro benzene ring substituents is 1. The van der Waals surface area contributed by atoms with Crippen LogP contribution >= 0.6 is 11.8 Å². The molecule has 0 spiro atoms. The number of aromatic nitrogens is 1. The van der Waals surface area contributed by atoms with Gasteiger partial charge in [0.15, 0.2) is 0 Å². The third kappa shape index (κ3) is 3.50. The van der Waals surface area contributed by atoms with Crippen molar-refractivity contribution in [1.82, 2.24) is 4.98 Å². The van der Waals surface area contributed by atoms with Crippen molar-refractivity contribution < 1.29 is 9.72 Å². The molecule has 0 unspecified atom stereocenters. The largest absolute Gasteiger partial charge is 0.311 e. The van der Waals surface area contributed by atoms with Crippen molar-refractivity contribution in [3.05, 3.63) is 58.3 Å². The molecule has 6 nitrogen and oxygen atoms in total. The molecule has 1 aliphatic heterocycles. The number of nitro groups is 1. The number of pyridine rings is 1. The van der Waals surface area contributed by atoms with E-state index >= 15 is 0 Å². The number of nitrogens with zero attached hydrogens (tertiary/aromatic N) is 3. The Hall–Kier alpha value is -2.41. The number of amides is 1. The molecule has 0 N–H and O–H groups in total. The van der Waals surface area contributed by atoms with E-state index in [1.54, 1.807) is 23.2 Å². The minimum Gasteiger partial charge on any atom is -0.311 e. The van der Waals surface area contributed by atoms with Gasteiger partial charge >= 0.3 is 0 Å². The number of rotatable bonds is 4. The van der Waals surface area contributed by atoms with Gasteiger partial charge in [-0.05, 0) is 36.6 Å². The summed E-state index contributed by atoms with van der Waals surface area (Å²) >= 11 is 1.39. The van der Waals surface area contributed by atoms with E-state index in [0.717, 1.165) is 29.1 Å². The predicted octanol–water partition coefficient (Wildman–Crippen LogP) is 3.06. The zero-order chi connectivity index (χ0) is 16.2. The molecule has 0 bridgehead atoms. The van der Waals surface area contributed by atoms with Crippen LogP contribution in [0.3, 0.4) is 0 Å². The Morgan fingerprint density at radius 1 is 1.35 bits per heavy atom. The van der Waals surface area contributed by atoms with Gasteiger partial charge in [-0.2, -0.15) is 0 Å². The molecular formula is C16H15N3O3S. The highest BCUT2D eigenvalue weighted by atomic mass is 32.2. The topological polar surface area (TPSA) is 76.3 Å². The Balaban J connectivity index is 1.74. The summed E-state index contributed by atoms with van der Waals surface area (Å²) in [5.74, 6) is 0.295. The van der Waals surface area contributed by atoms with E-state index in [9.17, 15) is 14.9 Å². The summed E-state index contributed by atoms with van der Waals surface area (Å²) in [6.45, 7) is 0.645. The van der Waals surface area contributed by atoms with Crippen LogP contribution < -0.4 is 4.90 Å². The lowest BCUT2D eigenvalue weighted by Crippen LogP contribution is -2.36. The number of thioether (sulfide) groups is 1. The molecule has 1 aromatic heterocycles. The highest BCUT2D eigenvalue weighted by Crippen LogP contribution is 2.31. The van der Waals surface area contributed by atoms with Crippen LogP contribution in [0.15, 0.2) is 47.6 Å². The van der Waals surface area contributed by atoms with Gasteiger partial charge in [0.2, 0.25) is 5.91 Å². The smallest absolute Gasteiger partial charge is 0.269 e. The third-order valence-corrected chi connectivity index (χ3v) is 4.60. The van der Waals surface area contributed by atoms with Crippen LogP contribution in [0.2, 0.25) is 0 Å². The molecule has 2 aromatic rings. The van der Waals surface area contributed by atoms with Crippen molar-refractivity contribution in [2.45, 2.75) is 17.9 Å². The summed E-state index contributed by atoms with van der Waals surface area (Å²) in [6, 6.07) is 10.3. The number of non-ortho nitro benzene ring substituents is 1. The van der Waals surface area contributed by atoms with E-state index in [-0.39, 0.29) is 11.6 Å². The van der Waals surface area contributed by atoms with Gasteiger partial charge in [-0.3, -0.25) is 14.9 Å². The fraction of sp³-hybridized carbons (Fsp3) is 0.250. The summed E-state index contributed by atoms with van der Waals surface area (Å²) in [7, 11) is 0. The molecule has 0 radical (unpaired) electrons. The number of hydrogen-bond acceptors (Lipinski definition) is 5. The normalized spacial score (nSPS) is 13.5. The molecule has 0 saturated heterocycles. The van der Waals surface area contributed by atoms with Gasteiger partial charge in [0, 0.05) is 30.6 Å². The Morgan fingerprint density at radius 2 is 2.22 bits per heavy atom. The lowest BCUT2D eigenvalue weighted by Gasteiger charge is -2.29. The summed E-state index contributed by atoms with van der Waals surface area (Å²) in [4.78, 5) is 28.9. The zero-order valence-electron chi connectivity index (χ0n) is 12.3. The first-order valence-corrected chi connectivity index (χ1v) is 8.25. The Labute approximate surface area is 137 Å². The minimum absolute atomic E-state index is 0.00421. The van der Waals surface area contributed by atoms with Crippen LogP contribution in [-0.2, 0) is 11.2 Å². The van der Waals surface area contributed by atoms with Gasteiger partial charge in [-0.1, -0.05) is 17.8 Å². The molecule has 0 atom stereocenters. The quantitative estimate of drug-likeness (QED) is 0.489. The van der Waals surface area contributed by atoms with Gasteiger partial charge in [-0.25, -0.2) is 4.98 Å². The van der Waals surface area contributed by atoms with Crippen LogP contribution in [0.1, 0.15) is 12.0 Å². The second-order valence-corrected chi connectivity index (χ2v) is 6.17. The van der Waals surface area contributed by atoms with Gasteiger partial charge in [0.25, 0.3) is 5.69 Å². The Kier molecular flexibility index (Phi) is 4.57. The fourth-order valence-electron chi connectivity index (χ4n) is 2.60. The first-order chi connectivity index (χ1) is 11.1. The molecule has 1 aliphatic rings. The van der Waals surface area contributed by atoms with Gasteiger partial charge in [-0.15, -0.1) is 0 Å². The molecule has 118 valence electrons. The molecule has 1 amide bonds. The summed E-state index contributed by atoms with van der Waals surface area (Å²) < 4.78 is 0. The second kappa shape index (κ2) is 6.78. The zero-order valence-corrected chi connectivity index (χ0v) is 13.2. The molecule has 2 heterocycles. The molecule has 3 rings (SSSR count). The van der Waals surface area contributed by atoms with Gasteiger partial charge < -0.3 is 4.90 Å². The number of hydrogen-bond donors (Lipinski definition) is 0. The van der Waals surface area contributed by atoms with Gasteiger partial charge in [0.05, 0.1) is 15.7 Å². The van der Waals surface area contributed by atoms with Crippen LogP contribution in [0.5, 0.6) is 0 Å². The van der Waals surface area contributed by atoms with E-state index in [4.69, 9.17) is 0 Å². The van der Waals surface area contributed by atoms with Crippen molar-refractivity contribution in [3.8, 4) is 0 Å². The lowest BCUT2D eigenvalue weighted by molar-refractivity contribution is -0.384. The van der Waals surface area contributed by atoms with Crippen molar-refractivity contribution in [2.75, 3.05) is 17.2 Å². The standard InChI is InChI=1S/C16H15N3O3S/c20-16(11-23-15-5-1-2-8-17-15)18-9-3-4-12-10-13(19(21)22)6-7-14(12)18/h1-2,5-8,10H,3-4,9,11H2. The van der Waals surface area contributed by atoms with Gasteiger partial charge in [0.1, 0.15) is 0 Å². The van der Waals surface area contributed by atoms with E-state index < -0.39 is 4.92 Å². The molecule has 7 heteroatoms. The second-order valence-electron chi connectivity index (χ2n) is 5.18. The molecule has 0 fully saturated rings. The van der Waals surface area contributed by atoms with Crippen molar-refractivity contribution in [2.24, 2.45) is 0 Å². The van der Waals surface area contributed by atoms with Crippen molar-refractivity contribution >= 4 is 29.0 Å². The van der Waals surface area contributed by atoms with Crippen LogP contribution in [0.25, 0.3) is 0 Å². The third-order valence-electron chi connectivity index (χ3n) is 3.67. The van der Waals surface area contributed by atoms with Crippen LogP contribution in [-0.4, -0.2) is 28.1 Å². The number of carbonyl (C=O) groups excluding carboxylic acids is 1. The molecule has 23 heavy (non-hydrogen) atoms. The number of fused-ring (bicyclic) bond motifs is 1. The summed E-state index contributed by atoms with van der Waals surface area (Å²) in [5, 5.41) is 11.7. The minimum atomic E-state index is -0.405. The maximum absolute atomic E-state index is 12.5. The van der Waals surface area contributed by atoms with E-state index in [1.807, 2.05) is 18.2 Å². The number of benzene rings is 1. The molecule has 0 saturated carbocycles. The monoisotopic (exact) mass is 329 g/mol. The van der Waals surface area contributed by atoms with E-state index in [2.05, 4.69) is 4.98 Å². The van der Waals surface area contributed by atoms with Crippen LogP contribution in [0, 0.1) is 10.1 Å². The fourth-order valence-corrected chi connectivity index (χ4v) is 3.34. The number of anilines is 1. The SMILES string of the molecule is O=C(CSc1ccccn1)N1CCCc2cc([N+](=O)[O-])ccc21. The highest BCUT2D eigenvalue weighted by Gasteiger charge is 2.24. The molecule has 0 aliphatic carbocycles. The lowest BCUT2D eigenvalue weighted by atomic mass is 10.0. The molecule has 1 aromatic carbocycles.